The highest BCUT2D eigenvalue weighted by atomic mass is 79.9. The first-order valence-electron chi connectivity index (χ1n) is 6.18. The van der Waals surface area contributed by atoms with Gasteiger partial charge in [0.25, 0.3) is 0 Å². The quantitative estimate of drug-likeness (QED) is 0.753. The Hall–Kier alpha value is -0.250. The molecule has 0 spiro atoms. The predicted octanol–water partition coefficient (Wildman–Crippen LogP) is 4.19. The molecule has 1 saturated heterocycles. The number of rotatable bonds is 2. The van der Waals surface area contributed by atoms with Gasteiger partial charge in [-0.2, -0.15) is 0 Å². The van der Waals surface area contributed by atoms with Crippen molar-refractivity contribution in [2.75, 3.05) is 18.0 Å². The van der Waals surface area contributed by atoms with Crippen molar-refractivity contribution in [3.63, 3.8) is 0 Å². The fraction of sp³-hybridized carbons (Fsp3) is 0.571. The van der Waals surface area contributed by atoms with E-state index in [2.05, 4.69) is 59.8 Å². The van der Waals surface area contributed by atoms with E-state index in [0.717, 1.165) is 23.1 Å². The second-order valence-electron chi connectivity index (χ2n) is 5.48. The summed E-state index contributed by atoms with van der Waals surface area (Å²) in [5.41, 5.74) is 2.27. The number of morpholine rings is 1. The lowest BCUT2D eigenvalue weighted by Crippen LogP contribution is -2.52. The van der Waals surface area contributed by atoms with Crippen LogP contribution in [0.4, 0.5) is 5.69 Å². The van der Waals surface area contributed by atoms with Gasteiger partial charge in [0.05, 0.1) is 11.7 Å². The van der Waals surface area contributed by atoms with Crippen LogP contribution in [0.1, 0.15) is 26.3 Å². The molecule has 0 N–H and O–H groups in total. The number of nitrogens with zero attached hydrogens (tertiary/aromatic N) is 1. The first kappa shape index (κ1) is 14.2. The molecule has 1 atom stereocenters. The summed E-state index contributed by atoms with van der Waals surface area (Å²) in [6, 6.07) is 6.30. The molecule has 4 heteroatoms. The third-order valence-electron chi connectivity index (χ3n) is 3.10. The van der Waals surface area contributed by atoms with Crippen LogP contribution in [-0.2, 0) is 10.6 Å². The lowest BCUT2D eigenvalue weighted by Gasteiger charge is -2.43. The molecule has 0 aliphatic carbocycles. The minimum absolute atomic E-state index is 0.117. The Morgan fingerprint density at radius 3 is 2.83 bits per heavy atom. The van der Waals surface area contributed by atoms with E-state index in [0.29, 0.717) is 5.88 Å². The number of halogens is 2. The van der Waals surface area contributed by atoms with Gasteiger partial charge in [0, 0.05) is 29.1 Å². The molecule has 0 aromatic heterocycles. The molecule has 0 amide bonds. The highest BCUT2D eigenvalue weighted by molar-refractivity contribution is 9.10. The number of anilines is 1. The van der Waals surface area contributed by atoms with Gasteiger partial charge in [-0.3, -0.25) is 0 Å². The molecule has 2 rings (SSSR count). The number of alkyl halides is 1. The highest BCUT2D eigenvalue weighted by Gasteiger charge is 2.32. The lowest BCUT2D eigenvalue weighted by molar-refractivity contribution is -0.0750. The average molecular weight is 333 g/mol. The first-order chi connectivity index (χ1) is 8.41. The van der Waals surface area contributed by atoms with Crippen molar-refractivity contribution in [1.82, 2.24) is 0 Å². The molecule has 2 nitrogen and oxygen atoms in total. The smallest absolute Gasteiger partial charge is 0.0805 e. The Labute approximate surface area is 122 Å². The van der Waals surface area contributed by atoms with Gasteiger partial charge in [-0.05, 0) is 44.5 Å². The van der Waals surface area contributed by atoms with Crippen LogP contribution in [0, 0.1) is 0 Å². The van der Waals surface area contributed by atoms with Crippen molar-refractivity contribution in [2.45, 2.75) is 38.4 Å². The van der Waals surface area contributed by atoms with Crippen LogP contribution in [0.5, 0.6) is 0 Å². The van der Waals surface area contributed by atoms with Gasteiger partial charge in [0.15, 0.2) is 0 Å². The van der Waals surface area contributed by atoms with E-state index in [-0.39, 0.29) is 11.7 Å². The third-order valence-corrected chi connectivity index (χ3v) is 3.88. The van der Waals surface area contributed by atoms with Crippen molar-refractivity contribution in [1.29, 1.82) is 0 Å². The van der Waals surface area contributed by atoms with Gasteiger partial charge in [-0.25, -0.2) is 0 Å². The summed E-state index contributed by atoms with van der Waals surface area (Å²) in [6.45, 7) is 8.19. The maximum atomic E-state index is 6.05. The minimum Gasteiger partial charge on any atom is -0.369 e. The van der Waals surface area contributed by atoms with Crippen LogP contribution in [0.15, 0.2) is 22.7 Å². The number of hydrogen-bond donors (Lipinski definition) is 0. The number of benzene rings is 1. The van der Waals surface area contributed by atoms with E-state index in [1.807, 2.05) is 0 Å². The summed E-state index contributed by atoms with van der Waals surface area (Å²) in [5, 5.41) is 0. The molecule has 1 aliphatic rings. The molecule has 1 aliphatic heterocycles. The van der Waals surface area contributed by atoms with E-state index in [1.165, 1.54) is 5.69 Å². The normalized spacial score (nSPS) is 23.2. The zero-order valence-electron chi connectivity index (χ0n) is 11.0. The number of ether oxygens (including phenoxy) is 1. The van der Waals surface area contributed by atoms with E-state index in [1.54, 1.807) is 0 Å². The molecule has 1 fully saturated rings. The zero-order valence-corrected chi connectivity index (χ0v) is 13.4. The monoisotopic (exact) mass is 331 g/mol. The largest absolute Gasteiger partial charge is 0.369 e. The Morgan fingerprint density at radius 2 is 2.22 bits per heavy atom. The summed E-state index contributed by atoms with van der Waals surface area (Å²) >= 11 is 9.55. The summed E-state index contributed by atoms with van der Waals surface area (Å²) in [6.07, 6.45) is 0.237. The number of hydrogen-bond acceptors (Lipinski definition) is 2. The fourth-order valence-electron chi connectivity index (χ4n) is 2.61. The molecule has 1 aromatic carbocycles. The van der Waals surface area contributed by atoms with Crippen LogP contribution < -0.4 is 4.90 Å². The SMILES string of the molecule is CC1CN(c2ccc(Br)cc2CCl)CC(C)(C)O1. The van der Waals surface area contributed by atoms with E-state index in [9.17, 15) is 0 Å². The molecule has 0 radical (unpaired) electrons. The first-order valence-corrected chi connectivity index (χ1v) is 7.51. The van der Waals surface area contributed by atoms with Crippen LogP contribution in [0.3, 0.4) is 0 Å². The molecule has 1 aromatic rings. The summed E-state index contributed by atoms with van der Waals surface area (Å²) in [4.78, 5) is 2.37. The Bertz CT molecular complexity index is 436. The fourth-order valence-corrected chi connectivity index (χ4v) is 3.23. The molecule has 18 heavy (non-hydrogen) atoms. The van der Waals surface area contributed by atoms with Crippen molar-refractivity contribution in [3.05, 3.63) is 28.2 Å². The Morgan fingerprint density at radius 1 is 1.50 bits per heavy atom. The minimum atomic E-state index is -0.117. The topological polar surface area (TPSA) is 12.5 Å². The second-order valence-corrected chi connectivity index (χ2v) is 6.66. The molecule has 1 unspecified atom stereocenters. The highest BCUT2D eigenvalue weighted by Crippen LogP contribution is 2.31. The van der Waals surface area contributed by atoms with Crippen molar-refractivity contribution in [3.8, 4) is 0 Å². The van der Waals surface area contributed by atoms with Crippen molar-refractivity contribution < 1.29 is 4.74 Å². The molecular formula is C14H19BrClNO. The van der Waals surface area contributed by atoms with Gasteiger partial charge in [0.2, 0.25) is 0 Å². The second kappa shape index (κ2) is 5.40. The van der Waals surface area contributed by atoms with Crippen molar-refractivity contribution in [2.24, 2.45) is 0 Å². The van der Waals surface area contributed by atoms with E-state index < -0.39 is 0 Å². The maximum absolute atomic E-state index is 6.05. The molecule has 1 heterocycles. The zero-order chi connectivity index (χ0) is 13.3. The van der Waals surface area contributed by atoms with Gasteiger partial charge in [0.1, 0.15) is 0 Å². The summed E-state index contributed by atoms with van der Waals surface area (Å²) < 4.78 is 7.01. The summed E-state index contributed by atoms with van der Waals surface area (Å²) in [5.74, 6) is 0.529. The molecule has 100 valence electrons. The van der Waals surface area contributed by atoms with Gasteiger partial charge >= 0.3 is 0 Å². The van der Waals surface area contributed by atoms with Crippen LogP contribution >= 0.6 is 27.5 Å². The van der Waals surface area contributed by atoms with Crippen LogP contribution in [0.25, 0.3) is 0 Å². The standard InChI is InChI=1S/C14H19BrClNO/c1-10-8-17(9-14(2,3)18-10)13-5-4-12(15)6-11(13)7-16/h4-6,10H,7-9H2,1-3H3. The van der Waals surface area contributed by atoms with E-state index >= 15 is 0 Å². The van der Waals surface area contributed by atoms with Crippen LogP contribution in [-0.4, -0.2) is 24.8 Å². The molecule has 0 saturated carbocycles. The molecular weight excluding hydrogens is 314 g/mol. The maximum Gasteiger partial charge on any atom is 0.0805 e. The van der Waals surface area contributed by atoms with Gasteiger partial charge in [-0.1, -0.05) is 15.9 Å². The third kappa shape index (κ3) is 3.19. The van der Waals surface area contributed by atoms with E-state index in [4.69, 9.17) is 16.3 Å². The predicted molar refractivity (Wildman–Crippen MR) is 80.5 cm³/mol. The summed E-state index contributed by atoms with van der Waals surface area (Å²) in [7, 11) is 0. The average Bonchev–Trinajstić information content (AvgIpc) is 2.25. The Kier molecular flexibility index (Phi) is 4.25. The van der Waals surface area contributed by atoms with Gasteiger partial charge < -0.3 is 9.64 Å². The van der Waals surface area contributed by atoms with Crippen molar-refractivity contribution >= 4 is 33.2 Å². The van der Waals surface area contributed by atoms with Crippen LogP contribution in [0.2, 0.25) is 0 Å². The van der Waals surface area contributed by atoms with Gasteiger partial charge in [-0.15, -0.1) is 11.6 Å². The Balaban J connectivity index is 2.30. The lowest BCUT2D eigenvalue weighted by atomic mass is 10.0. The molecule has 0 bridgehead atoms.